The monoisotopic (exact) mass is 397 g/mol. The Kier molecular flexibility index (Phi) is 8.75. The summed E-state index contributed by atoms with van der Waals surface area (Å²) in [6.45, 7) is 4.57. The van der Waals surface area contributed by atoms with Crippen LogP contribution in [-0.4, -0.2) is 31.5 Å². The molecule has 0 aromatic heterocycles. The molecule has 0 fully saturated rings. The first-order chi connectivity index (χ1) is 8.60. The average Bonchev–Trinajstić information content (AvgIpc) is 2.35. The molecular formula is C13H18ClFIN3. The third kappa shape index (κ3) is 5.36. The smallest absolute Gasteiger partial charge is 0.193 e. The molecule has 1 aromatic carbocycles. The van der Waals surface area contributed by atoms with Gasteiger partial charge < -0.3 is 10.2 Å². The van der Waals surface area contributed by atoms with E-state index in [2.05, 4.69) is 16.9 Å². The number of rotatable bonds is 4. The fraction of sp³-hybridized carbons (Fsp3) is 0.308. The standard InChI is InChI=1S/C13H17ClFN3.HI/c1-4-8-17-13(16-2)18(3)9-10-11(14)6-5-7-12(10)15;/h4-7H,1,8-9H2,2-3H3,(H,16,17);1H. The van der Waals surface area contributed by atoms with E-state index in [9.17, 15) is 4.39 Å². The van der Waals surface area contributed by atoms with E-state index in [1.807, 2.05) is 7.05 Å². The average molecular weight is 398 g/mol. The lowest BCUT2D eigenvalue weighted by Gasteiger charge is -2.22. The third-order valence-corrected chi connectivity index (χ3v) is 2.79. The van der Waals surface area contributed by atoms with Crippen LogP contribution >= 0.6 is 35.6 Å². The summed E-state index contributed by atoms with van der Waals surface area (Å²) in [5, 5.41) is 3.49. The Morgan fingerprint density at radius 1 is 1.58 bits per heavy atom. The van der Waals surface area contributed by atoms with Crippen molar-refractivity contribution < 1.29 is 4.39 Å². The third-order valence-electron chi connectivity index (χ3n) is 2.43. The number of aliphatic imine (C=N–C) groups is 1. The molecule has 19 heavy (non-hydrogen) atoms. The molecule has 0 saturated carbocycles. The molecule has 106 valence electrons. The summed E-state index contributed by atoms with van der Waals surface area (Å²) in [7, 11) is 3.49. The van der Waals surface area contributed by atoms with E-state index in [1.165, 1.54) is 6.07 Å². The van der Waals surface area contributed by atoms with Gasteiger partial charge in [-0.15, -0.1) is 30.6 Å². The van der Waals surface area contributed by atoms with Crippen molar-refractivity contribution in [2.24, 2.45) is 4.99 Å². The number of hydrogen-bond donors (Lipinski definition) is 1. The van der Waals surface area contributed by atoms with Gasteiger partial charge in [0, 0.05) is 37.8 Å². The topological polar surface area (TPSA) is 27.6 Å². The lowest BCUT2D eigenvalue weighted by Crippen LogP contribution is -2.38. The van der Waals surface area contributed by atoms with E-state index in [1.54, 1.807) is 30.2 Å². The number of guanidine groups is 1. The van der Waals surface area contributed by atoms with Gasteiger partial charge in [-0.1, -0.05) is 23.7 Å². The van der Waals surface area contributed by atoms with Crippen LogP contribution in [0.4, 0.5) is 4.39 Å². The first-order valence-electron chi connectivity index (χ1n) is 5.55. The number of hydrogen-bond acceptors (Lipinski definition) is 1. The van der Waals surface area contributed by atoms with Crippen molar-refractivity contribution in [1.82, 2.24) is 10.2 Å². The molecule has 6 heteroatoms. The number of nitrogens with one attached hydrogen (secondary N) is 1. The fourth-order valence-corrected chi connectivity index (χ4v) is 1.77. The summed E-state index contributed by atoms with van der Waals surface area (Å²) in [5.74, 6) is 0.350. The summed E-state index contributed by atoms with van der Waals surface area (Å²) in [4.78, 5) is 5.90. The van der Waals surface area contributed by atoms with Crippen molar-refractivity contribution in [1.29, 1.82) is 0 Å². The summed E-state index contributed by atoms with van der Waals surface area (Å²) in [6.07, 6.45) is 1.73. The zero-order valence-electron chi connectivity index (χ0n) is 11.0. The molecule has 0 saturated heterocycles. The molecule has 0 heterocycles. The van der Waals surface area contributed by atoms with Gasteiger partial charge in [-0.2, -0.15) is 0 Å². The minimum atomic E-state index is -0.312. The highest BCUT2D eigenvalue weighted by Gasteiger charge is 2.12. The molecule has 1 N–H and O–H groups in total. The second-order valence-corrected chi connectivity index (χ2v) is 4.18. The maximum atomic E-state index is 13.6. The number of benzene rings is 1. The highest BCUT2D eigenvalue weighted by Crippen LogP contribution is 2.20. The molecule has 0 unspecified atom stereocenters. The highest BCUT2D eigenvalue weighted by atomic mass is 127. The molecular weight excluding hydrogens is 380 g/mol. The van der Waals surface area contributed by atoms with Gasteiger partial charge in [-0.25, -0.2) is 4.39 Å². The van der Waals surface area contributed by atoms with E-state index < -0.39 is 0 Å². The van der Waals surface area contributed by atoms with Crippen molar-refractivity contribution in [3.05, 3.63) is 47.3 Å². The van der Waals surface area contributed by atoms with Gasteiger partial charge in [0.25, 0.3) is 0 Å². The fourth-order valence-electron chi connectivity index (χ4n) is 1.54. The molecule has 0 atom stereocenters. The van der Waals surface area contributed by atoms with Crippen LogP contribution < -0.4 is 5.32 Å². The Morgan fingerprint density at radius 3 is 2.79 bits per heavy atom. The number of nitrogens with zero attached hydrogens (tertiary/aromatic N) is 2. The Morgan fingerprint density at radius 2 is 2.26 bits per heavy atom. The van der Waals surface area contributed by atoms with Crippen LogP contribution in [0.3, 0.4) is 0 Å². The summed E-state index contributed by atoms with van der Waals surface area (Å²) >= 11 is 5.98. The van der Waals surface area contributed by atoms with Crippen molar-refractivity contribution in [2.45, 2.75) is 6.54 Å². The van der Waals surface area contributed by atoms with Crippen LogP contribution in [-0.2, 0) is 6.54 Å². The molecule has 0 spiro atoms. The molecule has 0 aliphatic carbocycles. The van der Waals surface area contributed by atoms with Crippen LogP contribution in [0.5, 0.6) is 0 Å². The Hall–Kier alpha value is -0.820. The SMILES string of the molecule is C=CCNC(=NC)N(C)Cc1c(F)cccc1Cl.I. The van der Waals surface area contributed by atoms with Gasteiger partial charge in [-0.3, -0.25) is 4.99 Å². The van der Waals surface area contributed by atoms with Gasteiger partial charge in [0.2, 0.25) is 0 Å². The van der Waals surface area contributed by atoms with Crippen molar-refractivity contribution in [2.75, 3.05) is 20.6 Å². The second kappa shape index (κ2) is 9.14. The van der Waals surface area contributed by atoms with Gasteiger partial charge in [0.15, 0.2) is 5.96 Å². The minimum absolute atomic E-state index is 0. The van der Waals surface area contributed by atoms with E-state index in [4.69, 9.17) is 11.6 Å². The maximum absolute atomic E-state index is 13.6. The molecule has 0 radical (unpaired) electrons. The minimum Gasteiger partial charge on any atom is -0.353 e. The van der Waals surface area contributed by atoms with E-state index in [0.717, 1.165) is 0 Å². The van der Waals surface area contributed by atoms with E-state index in [-0.39, 0.29) is 29.8 Å². The molecule has 0 aliphatic rings. The van der Waals surface area contributed by atoms with Crippen LogP contribution in [0.1, 0.15) is 5.56 Å². The lowest BCUT2D eigenvalue weighted by atomic mass is 10.2. The van der Waals surface area contributed by atoms with Crippen molar-refractivity contribution in [3.63, 3.8) is 0 Å². The summed E-state index contributed by atoms with van der Waals surface area (Å²) in [5.41, 5.74) is 0.461. The van der Waals surface area contributed by atoms with E-state index in [0.29, 0.717) is 29.6 Å². The molecule has 1 aromatic rings. The van der Waals surface area contributed by atoms with Crippen LogP contribution in [0.15, 0.2) is 35.8 Å². The van der Waals surface area contributed by atoms with Gasteiger partial charge in [0.05, 0.1) is 0 Å². The zero-order valence-corrected chi connectivity index (χ0v) is 14.1. The molecule has 0 amide bonds. The van der Waals surface area contributed by atoms with Gasteiger partial charge in [0.1, 0.15) is 5.82 Å². The van der Waals surface area contributed by atoms with Crippen LogP contribution in [0.2, 0.25) is 5.02 Å². The largest absolute Gasteiger partial charge is 0.353 e. The molecule has 0 aliphatic heterocycles. The van der Waals surface area contributed by atoms with Crippen molar-refractivity contribution >= 4 is 41.5 Å². The van der Waals surface area contributed by atoms with Crippen LogP contribution in [0, 0.1) is 5.82 Å². The quantitative estimate of drug-likeness (QED) is 0.365. The Bertz CT molecular complexity index is 431. The highest BCUT2D eigenvalue weighted by molar-refractivity contribution is 14.0. The lowest BCUT2D eigenvalue weighted by molar-refractivity contribution is 0.463. The van der Waals surface area contributed by atoms with Crippen molar-refractivity contribution in [3.8, 4) is 0 Å². The Balaban J connectivity index is 0.00000324. The van der Waals surface area contributed by atoms with Crippen LogP contribution in [0.25, 0.3) is 0 Å². The predicted molar refractivity (Wildman–Crippen MR) is 89.9 cm³/mol. The normalized spacial score (nSPS) is 10.6. The number of halogens is 3. The first kappa shape index (κ1) is 18.2. The second-order valence-electron chi connectivity index (χ2n) is 3.77. The van der Waals surface area contributed by atoms with Gasteiger partial charge in [-0.05, 0) is 12.1 Å². The Labute approximate surface area is 135 Å². The van der Waals surface area contributed by atoms with Gasteiger partial charge >= 0.3 is 0 Å². The first-order valence-corrected chi connectivity index (χ1v) is 5.93. The summed E-state index contributed by atoms with van der Waals surface area (Å²) < 4.78 is 13.6. The molecule has 3 nitrogen and oxygen atoms in total. The zero-order chi connectivity index (χ0) is 13.5. The van der Waals surface area contributed by atoms with E-state index >= 15 is 0 Å². The maximum Gasteiger partial charge on any atom is 0.193 e. The molecule has 0 bridgehead atoms. The molecule has 1 rings (SSSR count). The summed E-state index contributed by atoms with van der Waals surface area (Å²) in [6, 6.07) is 4.66. The predicted octanol–water partition coefficient (Wildman–Crippen LogP) is 3.29.